The second-order valence-corrected chi connectivity index (χ2v) is 6.66. The standard InChI is InChI=1S/C21H25NO2/c1-24-19-11-9-17(10-12-19)15-20(23)22-16-21(13-5-6-14-21)18-7-3-2-4-8-18/h2-4,7-12H,5-6,13-16H2,1H3,(H,22,23). The molecule has 1 aliphatic rings. The van der Waals surface area contributed by atoms with Crippen LogP contribution in [0.1, 0.15) is 36.8 Å². The topological polar surface area (TPSA) is 38.3 Å². The van der Waals surface area contributed by atoms with Crippen LogP contribution < -0.4 is 10.1 Å². The predicted molar refractivity (Wildman–Crippen MR) is 96.3 cm³/mol. The lowest BCUT2D eigenvalue weighted by Gasteiger charge is -2.30. The van der Waals surface area contributed by atoms with Crippen molar-refractivity contribution >= 4 is 5.91 Å². The number of hydrogen-bond acceptors (Lipinski definition) is 2. The molecule has 0 spiro atoms. The largest absolute Gasteiger partial charge is 0.497 e. The minimum absolute atomic E-state index is 0.0855. The molecule has 0 heterocycles. The smallest absolute Gasteiger partial charge is 0.224 e. The molecule has 2 aromatic carbocycles. The number of methoxy groups -OCH3 is 1. The number of benzene rings is 2. The maximum Gasteiger partial charge on any atom is 0.224 e. The van der Waals surface area contributed by atoms with Crippen molar-refractivity contribution in [3.8, 4) is 5.75 Å². The maximum absolute atomic E-state index is 12.4. The summed E-state index contributed by atoms with van der Waals surface area (Å²) in [6, 6.07) is 18.3. The van der Waals surface area contributed by atoms with Gasteiger partial charge in [-0.2, -0.15) is 0 Å². The van der Waals surface area contributed by atoms with E-state index < -0.39 is 0 Å². The third-order valence-electron chi connectivity index (χ3n) is 5.09. The van der Waals surface area contributed by atoms with Gasteiger partial charge in [-0.25, -0.2) is 0 Å². The molecule has 0 bridgehead atoms. The molecule has 3 heteroatoms. The first-order valence-electron chi connectivity index (χ1n) is 8.67. The van der Waals surface area contributed by atoms with Gasteiger partial charge in [-0.1, -0.05) is 55.3 Å². The van der Waals surface area contributed by atoms with Gasteiger partial charge in [-0.3, -0.25) is 4.79 Å². The van der Waals surface area contributed by atoms with Gasteiger partial charge in [-0.05, 0) is 36.1 Å². The third-order valence-corrected chi connectivity index (χ3v) is 5.09. The Hall–Kier alpha value is -2.29. The average Bonchev–Trinajstić information content (AvgIpc) is 3.12. The van der Waals surface area contributed by atoms with Crippen LogP contribution in [0.5, 0.6) is 5.75 Å². The Morgan fingerprint density at radius 2 is 1.71 bits per heavy atom. The molecule has 1 saturated carbocycles. The van der Waals surface area contributed by atoms with Gasteiger partial charge in [-0.15, -0.1) is 0 Å². The number of nitrogens with one attached hydrogen (secondary N) is 1. The zero-order valence-electron chi connectivity index (χ0n) is 14.3. The Kier molecular flexibility index (Phi) is 5.19. The van der Waals surface area contributed by atoms with E-state index in [2.05, 4.69) is 35.6 Å². The van der Waals surface area contributed by atoms with E-state index in [4.69, 9.17) is 4.74 Å². The number of hydrogen-bond donors (Lipinski definition) is 1. The Morgan fingerprint density at radius 3 is 2.33 bits per heavy atom. The lowest BCUT2D eigenvalue weighted by Crippen LogP contribution is -2.39. The van der Waals surface area contributed by atoms with Gasteiger partial charge in [0.25, 0.3) is 0 Å². The van der Waals surface area contributed by atoms with E-state index in [9.17, 15) is 4.79 Å². The SMILES string of the molecule is COc1ccc(CC(=O)NCC2(c3ccccc3)CCCC2)cc1. The van der Waals surface area contributed by atoms with E-state index in [0.29, 0.717) is 6.42 Å². The fourth-order valence-electron chi connectivity index (χ4n) is 3.67. The second-order valence-electron chi connectivity index (χ2n) is 6.66. The van der Waals surface area contributed by atoms with Crippen molar-refractivity contribution in [1.29, 1.82) is 0 Å². The van der Waals surface area contributed by atoms with Crippen molar-refractivity contribution in [3.63, 3.8) is 0 Å². The van der Waals surface area contributed by atoms with Crippen molar-refractivity contribution in [2.24, 2.45) is 0 Å². The van der Waals surface area contributed by atoms with Crippen LogP contribution in [0.25, 0.3) is 0 Å². The molecule has 0 aromatic heterocycles. The lowest BCUT2D eigenvalue weighted by atomic mass is 9.79. The molecule has 0 unspecified atom stereocenters. The molecule has 0 atom stereocenters. The number of rotatable bonds is 6. The second kappa shape index (κ2) is 7.52. The molecule has 3 nitrogen and oxygen atoms in total. The molecule has 0 saturated heterocycles. The van der Waals surface area contributed by atoms with Gasteiger partial charge in [0, 0.05) is 12.0 Å². The van der Waals surface area contributed by atoms with Crippen LogP contribution in [0.15, 0.2) is 54.6 Å². The van der Waals surface area contributed by atoms with Crippen molar-refractivity contribution in [2.45, 2.75) is 37.5 Å². The lowest BCUT2D eigenvalue weighted by molar-refractivity contribution is -0.120. The Balaban J connectivity index is 1.61. The van der Waals surface area contributed by atoms with E-state index in [-0.39, 0.29) is 11.3 Å². The molecule has 1 amide bonds. The number of ether oxygens (including phenoxy) is 1. The first kappa shape index (κ1) is 16.6. The molecule has 2 aromatic rings. The first-order chi connectivity index (χ1) is 11.7. The van der Waals surface area contributed by atoms with Crippen LogP contribution in [-0.2, 0) is 16.6 Å². The van der Waals surface area contributed by atoms with E-state index in [1.165, 1.54) is 18.4 Å². The summed E-state index contributed by atoms with van der Waals surface area (Å²) >= 11 is 0. The van der Waals surface area contributed by atoms with Crippen LogP contribution in [0.2, 0.25) is 0 Å². The Labute approximate surface area is 144 Å². The quantitative estimate of drug-likeness (QED) is 0.876. The zero-order chi connectivity index (χ0) is 16.8. The van der Waals surface area contributed by atoms with Crippen molar-refractivity contribution < 1.29 is 9.53 Å². The van der Waals surface area contributed by atoms with Crippen molar-refractivity contribution in [1.82, 2.24) is 5.32 Å². The van der Waals surface area contributed by atoms with Crippen molar-refractivity contribution in [2.75, 3.05) is 13.7 Å². The average molecular weight is 323 g/mol. The molecule has 3 rings (SSSR count). The summed E-state index contributed by atoms with van der Waals surface area (Å²) in [5.41, 5.74) is 2.47. The Morgan fingerprint density at radius 1 is 1.04 bits per heavy atom. The summed E-state index contributed by atoms with van der Waals surface area (Å²) in [6.45, 7) is 0.728. The minimum atomic E-state index is 0.0855. The van der Waals surface area contributed by atoms with Gasteiger partial charge in [0.05, 0.1) is 13.5 Å². The number of carbonyl (C=O) groups excluding carboxylic acids is 1. The van der Waals surface area contributed by atoms with Crippen LogP contribution in [-0.4, -0.2) is 19.6 Å². The predicted octanol–water partition coefficient (Wildman–Crippen LogP) is 3.87. The van der Waals surface area contributed by atoms with Gasteiger partial charge in [0.1, 0.15) is 5.75 Å². The van der Waals surface area contributed by atoms with E-state index in [1.54, 1.807) is 7.11 Å². The third kappa shape index (κ3) is 3.78. The molecule has 126 valence electrons. The molecule has 0 radical (unpaired) electrons. The van der Waals surface area contributed by atoms with Crippen LogP contribution >= 0.6 is 0 Å². The molecular formula is C21H25NO2. The zero-order valence-corrected chi connectivity index (χ0v) is 14.3. The molecule has 1 fully saturated rings. The minimum Gasteiger partial charge on any atom is -0.497 e. The fourth-order valence-corrected chi connectivity index (χ4v) is 3.67. The summed E-state index contributed by atoms with van der Waals surface area (Å²) in [6.07, 6.45) is 5.20. The molecule has 1 N–H and O–H groups in total. The van der Waals surface area contributed by atoms with Gasteiger partial charge >= 0.3 is 0 Å². The van der Waals surface area contributed by atoms with Crippen LogP contribution in [0.4, 0.5) is 0 Å². The summed E-state index contributed by atoms with van der Waals surface area (Å²) in [4.78, 5) is 12.4. The molecular weight excluding hydrogens is 298 g/mol. The summed E-state index contributed by atoms with van der Waals surface area (Å²) < 4.78 is 5.15. The Bertz CT molecular complexity index is 658. The normalized spacial score (nSPS) is 15.9. The van der Waals surface area contributed by atoms with E-state index >= 15 is 0 Å². The summed E-state index contributed by atoms with van der Waals surface area (Å²) in [5, 5.41) is 3.17. The monoisotopic (exact) mass is 323 g/mol. The highest BCUT2D eigenvalue weighted by molar-refractivity contribution is 5.78. The molecule has 1 aliphatic carbocycles. The van der Waals surface area contributed by atoms with E-state index in [1.807, 2.05) is 24.3 Å². The van der Waals surface area contributed by atoms with Crippen LogP contribution in [0.3, 0.4) is 0 Å². The van der Waals surface area contributed by atoms with Gasteiger partial charge in [0.2, 0.25) is 5.91 Å². The first-order valence-corrected chi connectivity index (χ1v) is 8.67. The van der Waals surface area contributed by atoms with E-state index in [0.717, 1.165) is 30.7 Å². The fraction of sp³-hybridized carbons (Fsp3) is 0.381. The molecule has 24 heavy (non-hydrogen) atoms. The highest BCUT2D eigenvalue weighted by atomic mass is 16.5. The summed E-state index contributed by atoms with van der Waals surface area (Å²) in [5.74, 6) is 0.899. The summed E-state index contributed by atoms with van der Waals surface area (Å²) in [7, 11) is 1.65. The highest BCUT2D eigenvalue weighted by Gasteiger charge is 2.35. The number of carbonyl (C=O) groups is 1. The number of amides is 1. The van der Waals surface area contributed by atoms with Gasteiger partial charge < -0.3 is 10.1 Å². The van der Waals surface area contributed by atoms with Gasteiger partial charge in [0.15, 0.2) is 0 Å². The van der Waals surface area contributed by atoms with Crippen LogP contribution in [0, 0.1) is 0 Å². The molecule has 0 aliphatic heterocycles. The highest BCUT2D eigenvalue weighted by Crippen LogP contribution is 2.40. The van der Waals surface area contributed by atoms with Crippen molar-refractivity contribution in [3.05, 3.63) is 65.7 Å². The maximum atomic E-state index is 12.4.